The fraction of sp³-hybridized carbons (Fsp3) is 0.333. The second-order valence-electron chi connectivity index (χ2n) is 6.89. The van der Waals surface area contributed by atoms with E-state index in [9.17, 15) is 26.9 Å². The molecule has 0 saturated carbocycles. The summed E-state index contributed by atoms with van der Waals surface area (Å²) in [5.74, 6) is 0. The quantitative estimate of drug-likeness (QED) is 0.545. The minimum absolute atomic E-state index is 0.00783. The van der Waals surface area contributed by atoms with Crippen molar-refractivity contribution in [3.63, 3.8) is 0 Å². The molecule has 1 N–H and O–H groups in total. The molecule has 0 aliphatic carbocycles. The molecule has 0 radical (unpaired) electrons. The summed E-state index contributed by atoms with van der Waals surface area (Å²) in [6.45, 7) is 4.02. The zero-order valence-electron chi connectivity index (χ0n) is 16.0. The molecule has 2 aromatic rings. The summed E-state index contributed by atoms with van der Waals surface area (Å²) >= 11 is 0. The van der Waals surface area contributed by atoms with Crippen molar-refractivity contribution in [3.05, 3.63) is 57.6 Å². The van der Waals surface area contributed by atoms with Crippen LogP contribution < -0.4 is 4.72 Å². The van der Waals surface area contributed by atoms with Crippen LogP contribution in [0.1, 0.15) is 24.0 Å². The fourth-order valence-corrected chi connectivity index (χ4v) is 6.15. The third-order valence-electron chi connectivity index (χ3n) is 4.89. The molecule has 0 amide bonds. The first-order valence-electron chi connectivity index (χ1n) is 8.91. The Bertz CT molecular complexity index is 1170. The van der Waals surface area contributed by atoms with E-state index in [2.05, 4.69) is 4.72 Å². The predicted octanol–water partition coefficient (Wildman–Crippen LogP) is 2.80. The minimum atomic E-state index is -4.17. The molecular weight excluding hydrogens is 418 g/mol. The fourth-order valence-electron chi connectivity index (χ4n) is 3.20. The molecule has 0 atom stereocenters. The standard InChI is InChI=1S/C18H21N3O6S2/c1-13-10-16(21(22)23)12-18(14(13)2)28(24,25)19-15-6-5-7-17(11-15)29(26,27)20-8-3-4-9-20/h5-7,10-12,19H,3-4,8-9H2,1-2H3. The summed E-state index contributed by atoms with van der Waals surface area (Å²) < 4.78 is 54.9. The topological polar surface area (TPSA) is 127 Å². The lowest BCUT2D eigenvalue weighted by atomic mass is 10.1. The number of hydrogen-bond donors (Lipinski definition) is 1. The van der Waals surface area contributed by atoms with Crippen LogP contribution in [0.5, 0.6) is 0 Å². The second-order valence-corrected chi connectivity index (χ2v) is 10.5. The van der Waals surface area contributed by atoms with Crippen LogP contribution in [0.25, 0.3) is 0 Å². The number of sulfonamides is 2. The Morgan fingerprint density at radius 3 is 2.31 bits per heavy atom. The molecule has 1 heterocycles. The smallest absolute Gasteiger partial charge is 0.271 e. The van der Waals surface area contributed by atoms with Gasteiger partial charge in [0.1, 0.15) is 0 Å². The van der Waals surface area contributed by atoms with Gasteiger partial charge < -0.3 is 0 Å². The molecule has 0 bridgehead atoms. The third-order valence-corrected chi connectivity index (χ3v) is 8.30. The lowest BCUT2D eigenvalue weighted by molar-refractivity contribution is -0.385. The number of non-ortho nitro benzene ring substituents is 1. The molecule has 3 rings (SSSR count). The molecular formula is C18H21N3O6S2. The number of anilines is 1. The second kappa shape index (κ2) is 7.73. The Labute approximate surface area is 169 Å². The average Bonchev–Trinajstić information content (AvgIpc) is 3.19. The summed E-state index contributed by atoms with van der Waals surface area (Å²) in [5, 5.41) is 11.1. The largest absolute Gasteiger partial charge is 0.280 e. The van der Waals surface area contributed by atoms with Crippen molar-refractivity contribution in [1.82, 2.24) is 4.31 Å². The first-order valence-corrected chi connectivity index (χ1v) is 11.8. The van der Waals surface area contributed by atoms with Gasteiger partial charge in [-0.15, -0.1) is 0 Å². The molecule has 1 fully saturated rings. The van der Waals surface area contributed by atoms with Gasteiger partial charge in [0.15, 0.2) is 0 Å². The molecule has 1 aliphatic rings. The van der Waals surface area contributed by atoms with Crippen LogP contribution in [0.4, 0.5) is 11.4 Å². The van der Waals surface area contributed by atoms with Gasteiger partial charge in [-0.3, -0.25) is 14.8 Å². The number of nitrogens with zero attached hydrogens (tertiary/aromatic N) is 2. The van der Waals surface area contributed by atoms with Crippen molar-refractivity contribution in [2.45, 2.75) is 36.5 Å². The van der Waals surface area contributed by atoms with Crippen LogP contribution in [0.3, 0.4) is 0 Å². The molecule has 0 aromatic heterocycles. The van der Waals surface area contributed by atoms with Crippen molar-refractivity contribution in [2.24, 2.45) is 0 Å². The summed E-state index contributed by atoms with van der Waals surface area (Å²) in [6, 6.07) is 7.85. The Hall–Kier alpha value is -2.50. The first kappa shape index (κ1) is 21.2. The summed E-state index contributed by atoms with van der Waals surface area (Å²) in [7, 11) is -7.87. The van der Waals surface area contributed by atoms with E-state index in [1.54, 1.807) is 13.8 Å². The van der Waals surface area contributed by atoms with E-state index in [1.165, 1.54) is 34.6 Å². The average molecular weight is 440 g/mol. The van der Waals surface area contributed by atoms with E-state index in [0.717, 1.165) is 18.9 Å². The number of benzene rings is 2. The van der Waals surface area contributed by atoms with Crippen molar-refractivity contribution in [2.75, 3.05) is 17.8 Å². The van der Waals surface area contributed by atoms with Crippen LogP contribution in [0.2, 0.25) is 0 Å². The highest BCUT2D eigenvalue weighted by Crippen LogP contribution is 2.28. The van der Waals surface area contributed by atoms with Gasteiger partial charge in [0.05, 0.1) is 20.4 Å². The molecule has 11 heteroatoms. The zero-order valence-corrected chi connectivity index (χ0v) is 17.6. The lowest BCUT2D eigenvalue weighted by Gasteiger charge is -2.17. The third kappa shape index (κ3) is 4.26. The zero-order chi connectivity index (χ0) is 21.4. The van der Waals surface area contributed by atoms with Gasteiger partial charge in [-0.1, -0.05) is 6.07 Å². The summed E-state index contributed by atoms with van der Waals surface area (Å²) in [5.41, 5.74) is 0.571. The van der Waals surface area contributed by atoms with E-state index in [-0.39, 0.29) is 21.2 Å². The monoisotopic (exact) mass is 439 g/mol. The highest BCUT2D eigenvalue weighted by Gasteiger charge is 2.28. The van der Waals surface area contributed by atoms with Gasteiger partial charge in [-0.05, 0) is 56.0 Å². The molecule has 0 unspecified atom stereocenters. The highest BCUT2D eigenvalue weighted by atomic mass is 32.2. The number of nitro groups is 1. The molecule has 0 spiro atoms. The maximum absolute atomic E-state index is 12.9. The van der Waals surface area contributed by atoms with Crippen molar-refractivity contribution < 1.29 is 21.8 Å². The summed E-state index contributed by atoms with van der Waals surface area (Å²) in [4.78, 5) is 10.2. The van der Waals surface area contributed by atoms with Crippen molar-refractivity contribution >= 4 is 31.4 Å². The van der Waals surface area contributed by atoms with Gasteiger partial charge in [0.25, 0.3) is 15.7 Å². The van der Waals surface area contributed by atoms with Gasteiger partial charge in [0.2, 0.25) is 10.0 Å². The van der Waals surface area contributed by atoms with E-state index >= 15 is 0 Å². The predicted molar refractivity (Wildman–Crippen MR) is 108 cm³/mol. The van der Waals surface area contributed by atoms with E-state index < -0.39 is 25.0 Å². The number of aryl methyl sites for hydroxylation is 1. The molecule has 29 heavy (non-hydrogen) atoms. The number of nitrogens with one attached hydrogen (secondary N) is 1. The SMILES string of the molecule is Cc1cc([N+](=O)[O-])cc(S(=O)(=O)Nc2cccc(S(=O)(=O)N3CCCC3)c2)c1C. The van der Waals surface area contributed by atoms with Crippen LogP contribution >= 0.6 is 0 Å². The molecule has 1 saturated heterocycles. The molecule has 156 valence electrons. The lowest BCUT2D eigenvalue weighted by Crippen LogP contribution is -2.28. The highest BCUT2D eigenvalue weighted by molar-refractivity contribution is 7.92. The first-order chi connectivity index (χ1) is 13.5. The van der Waals surface area contributed by atoms with Gasteiger partial charge in [-0.2, -0.15) is 4.31 Å². The van der Waals surface area contributed by atoms with Gasteiger partial charge in [0, 0.05) is 25.2 Å². The Morgan fingerprint density at radius 1 is 1.03 bits per heavy atom. The van der Waals surface area contributed by atoms with Crippen LogP contribution in [-0.2, 0) is 20.0 Å². The van der Waals surface area contributed by atoms with Crippen LogP contribution in [0, 0.1) is 24.0 Å². The normalized spacial score (nSPS) is 15.4. The number of hydrogen-bond acceptors (Lipinski definition) is 6. The minimum Gasteiger partial charge on any atom is -0.280 e. The Balaban J connectivity index is 1.97. The number of nitro benzene ring substituents is 1. The number of rotatable bonds is 6. The van der Waals surface area contributed by atoms with E-state index in [4.69, 9.17) is 0 Å². The van der Waals surface area contributed by atoms with E-state index in [1.807, 2.05) is 0 Å². The van der Waals surface area contributed by atoms with Crippen LogP contribution in [0.15, 0.2) is 46.2 Å². The maximum atomic E-state index is 12.9. The van der Waals surface area contributed by atoms with Gasteiger partial charge in [-0.25, -0.2) is 16.8 Å². The molecule has 1 aliphatic heterocycles. The van der Waals surface area contributed by atoms with Crippen molar-refractivity contribution in [1.29, 1.82) is 0 Å². The molecule has 2 aromatic carbocycles. The maximum Gasteiger partial charge on any atom is 0.271 e. The van der Waals surface area contributed by atoms with E-state index in [0.29, 0.717) is 24.2 Å². The Kier molecular flexibility index (Phi) is 5.65. The van der Waals surface area contributed by atoms with Crippen LogP contribution in [-0.4, -0.2) is 39.2 Å². The van der Waals surface area contributed by atoms with Gasteiger partial charge >= 0.3 is 0 Å². The Morgan fingerprint density at radius 2 is 1.69 bits per heavy atom. The van der Waals surface area contributed by atoms with Crippen molar-refractivity contribution in [3.8, 4) is 0 Å². The molecule has 9 nitrogen and oxygen atoms in total. The summed E-state index contributed by atoms with van der Waals surface area (Å²) in [6.07, 6.45) is 1.58.